The number of hydrogen-bond acceptors (Lipinski definition) is 6. The van der Waals surface area contributed by atoms with E-state index in [9.17, 15) is 0 Å². The van der Waals surface area contributed by atoms with E-state index in [1.54, 1.807) is 24.8 Å². The van der Waals surface area contributed by atoms with Crippen LogP contribution in [0.2, 0.25) is 0 Å². The molecule has 1 unspecified atom stereocenters. The van der Waals surface area contributed by atoms with Gasteiger partial charge in [-0.25, -0.2) is 15.0 Å². The molecule has 0 saturated heterocycles. The standard InChI is InChI=1S/C22H17N7/c23-19(15-6-5-10-24-14-15)22-26-12-9-17(27-22)21-20(16-7-1-3-11-25-16)28-18-8-2-4-13-29(18)21/h1-14,19H,23H2. The molecule has 0 aliphatic carbocycles. The molecule has 0 bridgehead atoms. The molecule has 0 radical (unpaired) electrons. The summed E-state index contributed by atoms with van der Waals surface area (Å²) in [7, 11) is 0. The lowest BCUT2D eigenvalue weighted by molar-refractivity contribution is 0.777. The van der Waals surface area contributed by atoms with Gasteiger partial charge in [-0.1, -0.05) is 18.2 Å². The van der Waals surface area contributed by atoms with Crippen molar-refractivity contribution in [2.24, 2.45) is 5.73 Å². The highest BCUT2D eigenvalue weighted by atomic mass is 15.0. The summed E-state index contributed by atoms with van der Waals surface area (Å²) < 4.78 is 2.01. The highest BCUT2D eigenvalue weighted by molar-refractivity contribution is 5.78. The molecule has 0 aliphatic heterocycles. The van der Waals surface area contributed by atoms with E-state index in [0.29, 0.717) is 5.82 Å². The molecule has 7 heteroatoms. The van der Waals surface area contributed by atoms with Crippen LogP contribution in [0.25, 0.3) is 28.4 Å². The molecule has 29 heavy (non-hydrogen) atoms. The molecule has 2 N–H and O–H groups in total. The second kappa shape index (κ2) is 7.21. The minimum Gasteiger partial charge on any atom is -0.318 e. The first kappa shape index (κ1) is 17.2. The Morgan fingerprint density at radius 1 is 0.793 bits per heavy atom. The molecule has 0 amide bonds. The van der Waals surface area contributed by atoms with Gasteiger partial charge in [-0.2, -0.15) is 0 Å². The zero-order chi connectivity index (χ0) is 19.6. The molecule has 0 spiro atoms. The lowest BCUT2D eigenvalue weighted by atomic mass is 10.1. The Morgan fingerprint density at radius 3 is 2.55 bits per heavy atom. The second-order valence-electron chi connectivity index (χ2n) is 6.52. The van der Waals surface area contributed by atoms with E-state index >= 15 is 0 Å². The quantitative estimate of drug-likeness (QED) is 0.515. The van der Waals surface area contributed by atoms with Crippen molar-refractivity contribution in [1.29, 1.82) is 0 Å². The predicted molar refractivity (Wildman–Crippen MR) is 110 cm³/mol. The Bertz CT molecular complexity index is 1270. The number of fused-ring (bicyclic) bond motifs is 1. The molecule has 5 aromatic rings. The summed E-state index contributed by atoms with van der Waals surface area (Å²) in [6, 6.07) is 16.8. The third-order valence-corrected chi connectivity index (χ3v) is 4.68. The number of pyridine rings is 3. The number of rotatable bonds is 4. The molecule has 5 heterocycles. The normalized spacial score (nSPS) is 12.2. The molecular weight excluding hydrogens is 362 g/mol. The number of nitrogens with zero attached hydrogens (tertiary/aromatic N) is 6. The third-order valence-electron chi connectivity index (χ3n) is 4.68. The minimum absolute atomic E-state index is 0.471. The summed E-state index contributed by atoms with van der Waals surface area (Å²) in [5, 5.41) is 0. The van der Waals surface area contributed by atoms with Crippen LogP contribution in [0, 0.1) is 0 Å². The van der Waals surface area contributed by atoms with Crippen molar-refractivity contribution in [2.75, 3.05) is 0 Å². The Labute approximate surface area is 167 Å². The third kappa shape index (κ3) is 3.13. The molecule has 140 valence electrons. The van der Waals surface area contributed by atoms with E-state index in [4.69, 9.17) is 15.7 Å². The molecule has 7 nitrogen and oxygen atoms in total. The number of hydrogen-bond donors (Lipinski definition) is 1. The monoisotopic (exact) mass is 379 g/mol. The fourth-order valence-corrected chi connectivity index (χ4v) is 3.29. The zero-order valence-corrected chi connectivity index (χ0v) is 15.4. The van der Waals surface area contributed by atoms with Gasteiger partial charge in [0.05, 0.1) is 17.4 Å². The maximum atomic E-state index is 6.40. The number of nitrogens with two attached hydrogens (primary N) is 1. The Kier molecular flexibility index (Phi) is 4.27. The van der Waals surface area contributed by atoms with Crippen LogP contribution in [-0.4, -0.2) is 29.3 Å². The lowest BCUT2D eigenvalue weighted by Crippen LogP contribution is -2.16. The number of imidazole rings is 1. The van der Waals surface area contributed by atoms with Crippen LogP contribution in [0.3, 0.4) is 0 Å². The molecule has 0 fully saturated rings. The fraction of sp³-hybridized carbons (Fsp3) is 0.0455. The van der Waals surface area contributed by atoms with Crippen molar-refractivity contribution in [3.63, 3.8) is 0 Å². The topological polar surface area (TPSA) is 94.9 Å². The van der Waals surface area contributed by atoms with Crippen LogP contribution in [-0.2, 0) is 0 Å². The van der Waals surface area contributed by atoms with Crippen LogP contribution in [0.15, 0.2) is 85.6 Å². The smallest absolute Gasteiger partial charge is 0.150 e. The van der Waals surface area contributed by atoms with Gasteiger partial charge in [0.1, 0.15) is 22.9 Å². The Hall–Kier alpha value is -3.97. The van der Waals surface area contributed by atoms with Crippen LogP contribution in [0.5, 0.6) is 0 Å². The molecular formula is C22H17N7. The SMILES string of the molecule is NC(c1cccnc1)c1nccc(-c2c(-c3ccccn3)nc3ccccn23)n1. The summed E-state index contributed by atoms with van der Waals surface area (Å²) in [5.41, 5.74) is 11.2. The van der Waals surface area contributed by atoms with Crippen LogP contribution < -0.4 is 5.73 Å². The summed E-state index contributed by atoms with van der Waals surface area (Å²) in [4.78, 5) is 22.6. The second-order valence-corrected chi connectivity index (χ2v) is 6.52. The minimum atomic E-state index is -0.471. The van der Waals surface area contributed by atoms with Crippen molar-refractivity contribution in [3.05, 3.63) is 97.0 Å². The van der Waals surface area contributed by atoms with Crippen LogP contribution in [0.4, 0.5) is 0 Å². The molecule has 5 aromatic heterocycles. The molecule has 0 aliphatic rings. The first-order chi connectivity index (χ1) is 14.3. The van der Waals surface area contributed by atoms with E-state index < -0.39 is 6.04 Å². The fourth-order valence-electron chi connectivity index (χ4n) is 3.29. The van der Waals surface area contributed by atoms with Gasteiger partial charge in [-0.3, -0.25) is 14.4 Å². The maximum absolute atomic E-state index is 6.40. The van der Waals surface area contributed by atoms with E-state index in [1.165, 1.54) is 0 Å². The van der Waals surface area contributed by atoms with Crippen molar-refractivity contribution in [3.8, 4) is 22.8 Å². The maximum Gasteiger partial charge on any atom is 0.150 e. The molecule has 0 saturated carbocycles. The molecule has 5 rings (SSSR count). The Morgan fingerprint density at radius 2 is 1.72 bits per heavy atom. The van der Waals surface area contributed by atoms with E-state index in [2.05, 4.69) is 15.0 Å². The van der Waals surface area contributed by atoms with Gasteiger partial charge in [0.15, 0.2) is 0 Å². The van der Waals surface area contributed by atoms with E-state index in [1.807, 2.05) is 65.2 Å². The van der Waals surface area contributed by atoms with E-state index in [-0.39, 0.29) is 0 Å². The van der Waals surface area contributed by atoms with Gasteiger partial charge >= 0.3 is 0 Å². The summed E-state index contributed by atoms with van der Waals surface area (Å²) in [5.74, 6) is 0.522. The van der Waals surface area contributed by atoms with Gasteiger partial charge in [-0.15, -0.1) is 0 Å². The van der Waals surface area contributed by atoms with Crippen LogP contribution >= 0.6 is 0 Å². The largest absolute Gasteiger partial charge is 0.318 e. The Balaban J connectivity index is 1.68. The van der Waals surface area contributed by atoms with E-state index in [0.717, 1.165) is 34.0 Å². The van der Waals surface area contributed by atoms with Crippen LogP contribution in [0.1, 0.15) is 17.4 Å². The summed E-state index contributed by atoms with van der Waals surface area (Å²) in [6.45, 7) is 0. The summed E-state index contributed by atoms with van der Waals surface area (Å²) >= 11 is 0. The first-order valence-corrected chi connectivity index (χ1v) is 9.18. The zero-order valence-electron chi connectivity index (χ0n) is 15.4. The van der Waals surface area contributed by atoms with Gasteiger partial charge in [0, 0.05) is 31.0 Å². The summed E-state index contributed by atoms with van der Waals surface area (Å²) in [6.07, 6.45) is 8.89. The molecule has 0 aromatic carbocycles. The highest BCUT2D eigenvalue weighted by Crippen LogP contribution is 2.31. The van der Waals surface area contributed by atoms with Crippen molar-refractivity contribution < 1.29 is 0 Å². The van der Waals surface area contributed by atoms with Crippen molar-refractivity contribution in [1.82, 2.24) is 29.3 Å². The first-order valence-electron chi connectivity index (χ1n) is 9.18. The average Bonchev–Trinajstić information content (AvgIpc) is 3.19. The van der Waals surface area contributed by atoms with Gasteiger partial charge in [0.2, 0.25) is 0 Å². The predicted octanol–water partition coefficient (Wildman–Crippen LogP) is 3.30. The lowest BCUT2D eigenvalue weighted by Gasteiger charge is -2.12. The van der Waals surface area contributed by atoms with Crippen molar-refractivity contribution in [2.45, 2.75) is 6.04 Å². The highest BCUT2D eigenvalue weighted by Gasteiger charge is 2.20. The van der Waals surface area contributed by atoms with Crippen molar-refractivity contribution >= 4 is 5.65 Å². The van der Waals surface area contributed by atoms with Gasteiger partial charge in [-0.05, 0) is 42.0 Å². The molecule has 1 atom stereocenters. The van der Waals surface area contributed by atoms with Gasteiger partial charge in [0.25, 0.3) is 0 Å². The van der Waals surface area contributed by atoms with Gasteiger partial charge < -0.3 is 5.73 Å². The number of aromatic nitrogens is 6. The average molecular weight is 379 g/mol.